The topological polar surface area (TPSA) is 87.2 Å². The minimum absolute atomic E-state index is 0.00566. The van der Waals surface area contributed by atoms with Gasteiger partial charge < -0.3 is 4.42 Å². The Bertz CT molecular complexity index is 793. The molecule has 0 spiro atoms. The monoisotopic (exact) mass is 317 g/mol. The van der Waals surface area contributed by atoms with E-state index in [1.165, 1.54) is 16.4 Å². The van der Waals surface area contributed by atoms with Crippen molar-refractivity contribution in [1.82, 2.24) is 9.29 Å². The van der Waals surface area contributed by atoms with Crippen molar-refractivity contribution in [1.29, 1.82) is 5.26 Å². The Hall–Kier alpha value is -2.17. The standard InChI is InChI=1S/C15H15N3O3S/c16-10-14-1-2-15(21-14)22(19,20)18-8-5-13(11-18)9-12-3-6-17-7-4-12/h1-4,6-7,13H,5,8-9,11H2. The SMILES string of the molecule is N#Cc1ccc(S(=O)(=O)N2CCC(Cc3ccncc3)C2)o1. The molecule has 2 aromatic rings. The molecule has 1 saturated heterocycles. The van der Waals surface area contributed by atoms with Gasteiger partial charge in [0.2, 0.25) is 10.9 Å². The van der Waals surface area contributed by atoms with Crippen molar-refractivity contribution >= 4 is 10.0 Å². The van der Waals surface area contributed by atoms with Crippen molar-refractivity contribution in [3.05, 3.63) is 48.0 Å². The maximum absolute atomic E-state index is 12.5. The highest BCUT2D eigenvalue weighted by Gasteiger charge is 2.34. The van der Waals surface area contributed by atoms with E-state index in [0.717, 1.165) is 18.4 Å². The van der Waals surface area contributed by atoms with Gasteiger partial charge in [0.1, 0.15) is 6.07 Å². The summed E-state index contributed by atoms with van der Waals surface area (Å²) in [6.07, 6.45) is 5.12. The van der Waals surface area contributed by atoms with Crippen LogP contribution in [-0.2, 0) is 16.4 Å². The van der Waals surface area contributed by atoms with Crippen molar-refractivity contribution in [3.8, 4) is 6.07 Å². The average molecular weight is 317 g/mol. The summed E-state index contributed by atoms with van der Waals surface area (Å²) in [6.45, 7) is 0.938. The smallest absolute Gasteiger partial charge is 0.276 e. The van der Waals surface area contributed by atoms with Gasteiger partial charge in [0.05, 0.1) is 0 Å². The predicted molar refractivity (Wildman–Crippen MR) is 78.2 cm³/mol. The van der Waals surface area contributed by atoms with Crippen LogP contribution in [0.4, 0.5) is 0 Å². The Balaban J connectivity index is 1.70. The van der Waals surface area contributed by atoms with Gasteiger partial charge in [-0.2, -0.15) is 9.57 Å². The molecule has 0 saturated carbocycles. The van der Waals surface area contributed by atoms with Crippen LogP contribution in [-0.4, -0.2) is 30.8 Å². The van der Waals surface area contributed by atoms with Crippen molar-refractivity contribution in [3.63, 3.8) is 0 Å². The second kappa shape index (κ2) is 5.91. The fraction of sp³-hybridized carbons (Fsp3) is 0.333. The first kappa shape index (κ1) is 14.8. The molecule has 3 rings (SSSR count). The van der Waals surface area contributed by atoms with E-state index in [1.807, 2.05) is 12.1 Å². The third kappa shape index (κ3) is 2.89. The molecule has 0 aliphatic carbocycles. The summed E-state index contributed by atoms with van der Waals surface area (Å²) in [7, 11) is -3.65. The normalized spacial score (nSPS) is 19.1. The molecule has 0 amide bonds. The molecule has 6 nitrogen and oxygen atoms in total. The molecule has 3 heterocycles. The van der Waals surface area contributed by atoms with Crippen molar-refractivity contribution < 1.29 is 12.8 Å². The molecule has 0 bridgehead atoms. The minimum Gasteiger partial charge on any atom is -0.433 e. The van der Waals surface area contributed by atoms with Crippen LogP contribution < -0.4 is 0 Å². The van der Waals surface area contributed by atoms with Crippen LogP contribution in [0.5, 0.6) is 0 Å². The summed E-state index contributed by atoms with van der Waals surface area (Å²) in [5, 5.41) is 8.57. The van der Waals surface area contributed by atoms with Crippen molar-refractivity contribution in [2.24, 2.45) is 5.92 Å². The first-order valence-corrected chi connectivity index (χ1v) is 8.42. The number of furan rings is 1. The van der Waals surface area contributed by atoms with Crippen LogP contribution >= 0.6 is 0 Å². The molecule has 22 heavy (non-hydrogen) atoms. The molecule has 0 radical (unpaired) electrons. The lowest BCUT2D eigenvalue weighted by Gasteiger charge is -2.14. The highest BCUT2D eigenvalue weighted by Crippen LogP contribution is 2.27. The molecule has 2 aromatic heterocycles. The van der Waals surface area contributed by atoms with E-state index in [0.29, 0.717) is 13.1 Å². The summed E-state index contributed by atoms with van der Waals surface area (Å²) in [6, 6.07) is 8.40. The van der Waals surface area contributed by atoms with Gasteiger partial charge in [-0.05, 0) is 48.6 Å². The third-order valence-corrected chi connectivity index (χ3v) is 5.55. The maximum atomic E-state index is 12.5. The number of sulfonamides is 1. The summed E-state index contributed by atoms with van der Waals surface area (Å²) < 4.78 is 31.4. The van der Waals surface area contributed by atoms with Gasteiger partial charge in [-0.1, -0.05) is 0 Å². The molecular weight excluding hydrogens is 302 g/mol. The highest BCUT2D eigenvalue weighted by molar-refractivity contribution is 7.89. The van der Waals surface area contributed by atoms with Gasteiger partial charge in [-0.25, -0.2) is 8.42 Å². The van der Waals surface area contributed by atoms with E-state index in [2.05, 4.69) is 4.98 Å². The summed E-state index contributed by atoms with van der Waals surface area (Å²) in [5.74, 6) is 0.286. The molecule has 1 aliphatic rings. The molecule has 0 aromatic carbocycles. The number of hydrogen-bond acceptors (Lipinski definition) is 5. The molecule has 1 unspecified atom stereocenters. The second-order valence-corrected chi connectivity index (χ2v) is 7.18. The van der Waals surface area contributed by atoms with Gasteiger partial charge in [0.15, 0.2) is 0 Å². The van der Waals surface area contributed by atoms with Gasteiger partial charge in [0, 0.05) is 25.5 Å². The average Bonchev–Trinajstić information content (AvgIpc) is 3.17. The lowest BCUT2D eigenvalue weighted by Crippen LogP contribution is -2.28. The number of aromatic nitrogens is 1. The van der Waals surface area contributed by atoms with Crippen LogP contribution in [0.15, 0.2) is 46.2 Å². The molecule has 7 heteroatoms. The quantitative estimate of drug-likeness (QED) is 0.858. The van der Waals surface area contributed by atoms with Gasteiger partial charge in [-0.15, -0.1) is 0 Å². The molecular formula is C15H15N3O3S. The first-order chi connectivity index (χ1) is 10.6. The number of nitriles is 1. The van der Waals surface area contributed by atoms with Crippen LogP contribution in [0.2, 0.25) is 0 Å². The van der Waals surface area contributed by atoms with E-state index in [-0.39, 0.29) is 16.8 Å². The highest BCUT2D eigenvalue weighted by atomic mass is 32.2. The van der Waals surface area contributed by atoms with Crippen LogP contribution in [0.1, 0.15) is 17.7 Å². The number of hydrogen-bond donors (Lipinski definition) is 0. The fourth-order valence-corrected chi connectivity index (χ4v) is 4.12. The van der Waals surface area contributed by atoms with Crippen molar-refractivity contribution in [2.75, 3.05) is 13.1 Å². The minimum atomic E-state index is -3.65. The zero-order valence-corrected chi connectivity index (χ0v) is 12.7. The summed E-state index contributed by atoms with van der Waals surface area (Å²) >= 11 is 0. The third-order valence-electron chi connectivity index (χ3n) is 3.81. The molecule has 1 atom stereocenters. The Morgan fingerprint density at radius 1 is 1.32 bits per heavy atom. The van der Waals surface area contributed by atoms with E-state index in [4.69, 9.17) is 9.68 Å². The molecule has 1 aliphatic heterocycles. The Morgan fingerprint density at radius 2 is 2.09 bits per heavy atom. The Labute approximate surface area is 129 Å². The second-order valence-electron chi connectivity index (χ2n) is 5.31. The Kier molecular flexibility index (Phi) is 3.96. The lowest BCUT2D eigenvalue weighted by molar-refractivity contribution is 0.400. The molecule has 114 valence electrons. The number of pyridine rings is 1. The van der Waals surface area contributed by atoms with E-state index in [1.54, 1.807) is 18.5 Å². The van der Waals surface area contributed by atoms with E-state index < -0.39 is 10.0 Å². The van der Waals surface area contributed by atoms with Gasteiger partial charge in [-0.3, -0.25) is 4.98 Å². The van der Waals surface area contributed by atoms with Crippen LogP contribution in [0, 0.1) is 17.2 Å². The summed E-state index contributed by atoms with van der Waals surface area (Å²) in [5.41, 5.74) is 1.16. The number of rotatable bonds is 4. The molecule has 1 fully saturated rings. The van der Waals surface area contributed by atoms with Crippen LogP contribution in [0.3, 0.4) is 0 Å². The molecule has 0 N–H and O–H groups in total. The largest absolute Gasteiger partial charge is 0.433 e. The zero-order valence-electron chi connectivity index (χ0n) is 11.8. The Morgan fingerprint density at radius 3 is 2.77 bits per heavy atom. The summed E-state index contributed by atoms with van der Waals surface area (Å²) in [4.78, 5) is 3.98. The maximum Gasteiger partial charge on any atom is 0.276 e. The van der Waals surface area contributed by atoms with Gasteiger partial charge >= 0.3 is 0 Å². The first-order valence-electron chi connectivity index (χ1n) is 6.98. The van der Waals surface area contributed by atoms with Crippen molar-refractivity contribution in [2.45, 2.75) is 17.9 Å². The van der Waals surface area contributed by atoms with Gasteiger partial charge in [0.25, 0.3) is 10.0 Å². The zero-order chi connectivity index (χ0) is 15.6. The van der Waals surface area contributed by atoms with Crippen LogP contribution in [0.25, 0.3) is 0 Å². The number of nitrogens with zero attached hydrogens (tertiary/aromatic N) is 3. The van der Waals surface area contributed by atoms with E-state index >= 15 is 0 Å². The fourth-order valence-electron chi connectivity index (χ4n) is 2.68. The predicted octanol–water partition coefficient (Wildman–Crippen LogP) is 1.80. The van der Waals surface area contributed by atoms with E-state index in [9.17, 15) is 8.42 Å². The lowest BCUT2D eigenvalue weighted by atomic mass is 10.00.